The number of halogens is 2. The van der Waals surface area contributed by atoms with E-state index in [4.69, 9.17) is 5.41 Å². The Morgan fingerprint density at radius 1 is 1.08 bits per heavy atom. The van der Waals surface area contributed by atoms with Crippen LogP contribution in [-0.2, 0) is 0 Å². The van der Waals surface area contributed by atoms with Crippen molar-refractivity contribution in [2.75, 3.05) is 20.6 Å². The van der Waals surface area contributed by atoms with E-state index >= 15 is 0 Å². The fraction of sp³-hybridized carbons (Fsp3) is 0.774. The first-order valence-electron chi connectivity index (χ1n) is 14.2. The number of hydrogen-bond donors (Lipinski definition) is 4. The van der Waals surface area contributed by atoms with Crippen molar-refractivity contribution in [1.29, 1.82) is 5.41 Å². The van der Waals surface area contributed by atoms with Gasteiger partial charge in [0.15, 0.2) is 0 Å². The van der Waals surface area contributed by atoms with Crippen LogP contribution in [0.25, 0.3) is 0 Å². The Kier molecular flexibility index (Phi) is 10.1. The molecule has 5 aliphatic carbocycles. The number of fused-ring (bicyclic) bond motifs is 1. The van der Waals surface area contributed by atoms with Crippen molar-refractivity contribution in [2.45, 2.75) is 96.9 Å². The van der Waals surface area contributed by atoms with Crippen LogP contribution in [0, 0.1) is 39.4 Å². The highest BCUT2D eigenvalue weighted by molar-refractivity contribution is 5.82. The minimum Gasteiger partial charge on any atom is -0.344 e. The van der Waals surface area contributed by atoms with Gasteiger partial charge >= 0.3 is 0 Å². The van der Waals surface area contributed by atoms with Gasteiger partial charge in [0.05, 0.1) is 6.04 Å². The molecule has 212 valence electrons. The van der Waals surface area contributed by atoms with Crippen molar-refractivity contribution in [3.63, 3.8) is 0 Å². The number of nitrogens with one attached hydrogen (secondary N) is 3. The second-order valence-corrected chi connectivity index (χ2v) is 12.2. The van der Waals surface area contributed by atoms with Gasteiger partial charge in [-0.3, -0.25) is 0 Å². The standard InChI is InChI=1S/C21H29N.C6H11F2N.C2H7N.C2H4.H3N/c1-13-6-10-20-15(12-13)7-11-21(20)17-5-4-16(14(2)22)19(17,3)9-8-18(20)21;1-2-5-6(7,8)3-4-9-5;1-3-2;1-2;/h12,16-18,22H,1,4-11H2,2-3H3;5,9H,2-4H2,1H3;3H,1-2H3;1-2H2;1H3. The van der Waals surface area contributed by atoms with Gasteiger partial charge in [-0.1, -0.05) is 37.6 Å². The summed E-state index contributed by atoms with van der Waals surface area (Å²) in [4.78, 5) is 0. The zero-order valence-electron chi connectivity index (χ0n) is 24.2. The van der Waals surface area contributed by atoms with Gasteiger partial charge in [0, 0.05) is 30.0 Å². The van der Waals surface area contributed by atoms with Gasteiger partial charge in [-0.2, -0.15) is 0 Å². The minimum absolute atomic E-state index is 0. The van der Waals surface area contributed by atoms with E-state index in [1.807, 2.05) is 14.1 Å². The molecule has 4 nitrogen and oxygen atoms in total. The topological polar surface area (TPSA) is 82.9 Å². The van der Waals surface area contributed by atoms with Crippen molar-refractivity contribution in [3.05, 3.63) is 37.0 Å². The first-order valence-corrected chi connectivity index (χ1v) is 14.2. The maximum Gasteiger partial charge on any atom is 0.264 e. The quantitative estimate of drug-likeness (QED) is 0.222. The molecule has 0 aromatic rings. The monoisotopic (exact) mass is 520 g/mol. The second-order valence-electron chi connectivity index (χ2n) is 12.2. The smallest absolute Gasteiger partial charge is 0.264 e. The zero-order valence-corrected chi connectivity index (χ0v) is 24.2. The van der Waals surface area contributed by atoms with Crippen LogP contribution >= 0.6 is 0 Å². The number of hydrogen-bond acceptors (Lipinski definition) is 4. The predicted octanol–water partition coefficient (Wildman–Crippen LogP) is 7.72. The third-order valence-electron chi connectivity index (χ3n) is 10.8. The third kappa shape index (κ3) is 4.80. The fourth-order valence-corrected chi connectivity index (χ4v) is 9.65. The molecule has 0 aromatic carbocycles. The molecule has 37 heavy (non-hydrogen) atoms. The highest BCUT2D eigenvalue weighted by atomic mass is 19.3. The van der Waals surface area contributed by atoms with Gasteiger partial charge in [0.25, 0.3) is 5.92 Å². The molecule has 0 amide bonds. The SMILES string of the molecule is C=C.C=C1C=C2CCC34C5CCC(C(C)=N)C5(C)CCC3C24CC1.CCC1NCCC1(F)F.CNC.N. The molecule has 6 rings (SSSR count). The van der Waals surface area contributed by atoms with E-state index in [1.165, 1.54) is 56.9 Å². The molecule has 1 saturated heterocycles. The van der Waals surface area contributed by atoms with Crippen LogP contribution in [0.3, 0.4) is 0 Å². The molecule has 1 heterocycles. The Balaban J connectivity index is 0.000000271. The van der Waals surface area contributed by atoms with Gasteiger partial charge in [-0.25, -0.2) is 8.78 Å². The highest BCUT2D eigenvalue weighted by Gasteiger charge is 2.84. The number of rotatable bonds is 2. The Hall–Kier alpha value is -1.37. The highest BCUT2D eigenvalue weighted by Crippen LogP contribution is 2.91. The summed E-state index contributed by atoms with van der Waals surface area (Å²) in [7, 11) is 3.75. The summed E-state index contributed by atoms with van der Waals surface area (Å²) in [6.45, 7) is 17.1. The van der Waals surface area contributed by atoms with E-state index in [0.717, 1.165) is 17.5 Å². The van der Waals surface area contributed by atoms with Gasteiger partial charge in [0.2, 0.25) is 0 Å². The molecule has 6 aliphatic rings. The van der Waals surface area contributed by atoms with Crippen LogP contribution in [-0.4, -0.2) is 38.3 Å². The Morgan fingerprint density at radius 2 is 1.73 bits per heavy atom. The summed E-state index contributed by atoms with van der Waals surface area (Å²) in [5, 5.41) is 13.8. The van der Waals surface area contributed by atoms with Crippen molar-refractivity contribution >= 4 is 5.71 Å². The summed E-state index contributed by atoms with van der Waals surface area (Å²) in [6, 6.07) is -0.572. The molecule has 7 unspecified atom stereocenters. The Bertz CT molecular complexity index is 869. The van der Waals surface area contributed by atoms with E-state index < -0.39 is 12.0 Å². The molecule has 6 heteroatoms. The van der Waals surface area contributed by atoms with Crippen LogP contribution < -0.4 is 16.8 Å². The molecule has 6 N–H and O–H groups in total. The lowest BCUT2D eigenvalue weighted by molar-refractivity contribution is -0.0117. The molecular weight excluding hydrogens is 466 g/mol. The molecule has 4 saturated carbocycles. The number of allylic oxidation sites excluding steroid dienone is 3. The van der Waals surface area contributed by atoms with Crippen molar-refractivity contribution in [2.24, 2.45) is 34.0 Å². The Morgan fingerprint density at radius 3 is 2.24 bits per heavy atom. The molecular formula is C31H54F2N4. The van der Waals surface area contributed by atoms with E-state index in [-0.39, 0.29) is 12.6 Å². The minimum atomic E-state index is -2.45. The summed E-state index contributed by atoms with van der Waals surface area (Å²) in [6.07, 6.45) is 13.9. The van der Waals surface area contributed by atoms with E-state index in [1.54, 1.807) is 12.5 Å². The maximum atomic E-state index is 12.5. The van der Waals surface area contributed by atoms with Crippen molar-refractivity contribution < 1.29 is 8.78 Å². The van der Waals surface area contributed by atoms with E-state index in [2.05, 4.69) is 50.3 Å². The molecule has 1 aliphatic heterocycles. The lowest BCUT2D eigenvalue weighted by Crippen LogP contribution is -2.40. The largest absolute Gasteiger partial charge is 0.344 e. The van der Waals surface area contributed by atoms with Gasteiger partial charge in [-0.05, 0) is 101 Å². The average Bonchev–Trinajstić information content (AvgIpc) is 3.16. The van der Waals surface area contributed by atoms with Gasteiger partial charge in [0.1, 0.15) is 0 Å². The summed E-state index contributed by atoms with van der Waals surface area (Å²) in [5.41, 5.74) is 5.77. The van der Waals surface area contributed by atoms with Crippen molar-refractivity contribution in [1.82, 2.24) is 16.8 Å². The Labute approximate surface area is 225 Å². The molecule has 5 fully saturated rings. The molecule has 0 bridgehead atoms. The first kappa shape index (κ1) is 31.8. The number of alkyl halides is 2. The van der Waals surface area contributed by atoms with E-state index in [0.29, 0.717) is 35.1 Å². The predicted molar refractivity (Wildman–Crippen MR) is 154 cm³/mol. The summed E-state index contributed by atoms with van der Waals surface area (Å²) >= 11 is 0. The average molecular weight is 521 g/mol. The van der Waals surface area contributed by atoms with Crippen molar-refractivity contribution in [3.8, 4) is 0 Å². The first-order chi connectivity index (χ1) is 17.0. The molecule has 7 atom stereocenters. The van der Waals surface area contributed by atoms with E-state index in [9.17, 15) is 8.78 Å². The van der Waals surface area contributed by atoms with Gasteiger partial charge < -0.3 is 22.2 Å². The lowest BCUT2D eigenvalue weighted by Gasteiger charge is -2.45. The second kappa shape index (κ2) is 11.8. The van der Waals surface area contributed by atoms with Crippen LogP contribution in [0.5, 0.6) is 0 Å². The van der Waals surface area contributed by atoms with Crippen LogP contribution in [0.15, 0.2) is 37.0 Å². The molecule has 2 spiro atoms. The van der Waals surface area contributed by atoms with Gasteiger partial charge in [-0.15, -0.1) is 13.2 Å². The zero-order chi connectivity index (χ0) is 26.9. The van der Waals surface area contributed by atoms with Crippen LogP contribution in [0.1, 0.15) is 85.0 Å². The molecule has 0 aromatic heterocycles. The third-order valence-corrected chi connectivity index (χ3v) is 10.8. The summed E-state index contributed by atoms with van der Waals surface area (Å²) in [5.74, 6) is -0.0104. The maximum absolute atomic E-state index is 12.5. The fourth-order valence-electron chi connectivity index (χ4n) is 9.65. The normalized spacial score (nSPS) is 41.3. The summed E-state index contributed by atoms with van der Waals surface area (Å²) < 4.78 is 25.1. The van der Waals surface area contributed by atoms with Crippen LogP contribution in [0.4, 0.5) is 8.78 Å². The molecule has 0 radical (unpaired) electrons. The lowest BCUT2D eigenvalue weighted by atomic mass is 9.59. The van der Waals surface area contributed by atoms with Crippen LogP contribution in [0.2, 0.25) is 0 Å².